The Hall–Kier alpha value is -3.23. The molecule has 0 saturated heterocycles. The molecule has 0 spiro atoms. The number of aromatic nitrogens is 3. The van der Waals surface area contributed by atoms with Crippen molar-refractivity contribution in [1.82, 2.24) is 15.4 Å². The summed E-state index contributed by atoms with van der Waals surface area (Å²) in [6, 6.07) is 21.2. The molecule has 1 N–H and O–H groups in total. The molecule has 6 nitrogen and oxygen atoms in total. The average Bonchev–Trinajstić information content (AvgIpc) is 3.43. The number of anilines is 1. The Morgan fingerprint density at radius 2 is 1.83 bits per heavy atom. The summed E-state index contributed by atoms with van der Waals surface area (Å²) in [5.74, 6) is 0.920. The molecule has 0 unspecified atom stereocenters. The van der Waals surface area contributed by atoms with Gasteiger partial charge in [0, 0.05) is 17.4 Å². The predicted molar refractivity (Wildman–Crippen MR) is 116 cm³/mol. The largest absolute Gasteiger partial charge is 0.355 e. The smallest absolute Gasteiger partial charge is 0.279 e. The first-order chi connectivity index (χ1) is 14.3. The lowest BCUT2D eigenvalue weighted by Gasteiger charge is -1.95. The van der Waals surface area contributed by atoms with Crippen LogP contribution in [0.5, 0.6) is 0 Å². The Balaban J connectivity index is 1.31. The van der Waals surface area contributed by atoms with E-state index in [0.29, 0.717) is 10.9 Å². The van der Waals surface area contributed by atoms with E-state index in [2.05, 4.69) is 32.8 Å². The van der Waals surface area contributed by atoms with Crippen molar-refractivity contribution in [3.05, 3.63) is 84.1 Å². The summed E-state index contributed by atoms with van der Waals surface area (Å²) in [6.45, 7) is 0. The zero-order chi connectivity index (χ0) is 19.9. The van der Waals surface area contributed by atoms with E-state index in [4.69, 9.17) is 4.52 Å². The summed E-state index contributed by atoms with van der Waals surface area (Å²) in [5.41, 5.74) is 2.21. The topological polar surface area (TPSA) is 80.9 Å². The van der Waals surface area contributed by atoms with Crippen molar-refractivity contribution >= 4 is 40.2 Å². The van der Waals surface area contributed by atoms with E-state index < -0.39 is 0 Å². The summed E-state index contributed by atoms with van der Waals surface area (Å²) >= 11 is 2.88. The van der Waals surface area contributed by atoms with Gasteiger partial charge in [-0.2, -0.15) is 0 Å². The standard InChI is InChI=1S/C21H16N4O2S2/c26-19(17-14-18(27-25-17)16-11-5-2-6-12-16)22-20-23-24-21(29-20)28-13-7-10-15-8-3-1-4-9-15/h1-12,14H,13H2,(H,22,23,26)/b10-7+. The van der Waals surface area contributed by atoms with E-state index >= 15 is 0 Å². The van der Waals surface area contributed by atoms with Crippen LogP contribution in [0.3, 0.4) is 0 Å². The Morgan fingerprint density at radius 1 is 1.07 bits per heavy atom. The van der Waals surface area contributed by atoms with E-state index in [1.165, 1.54) is 11.3 Å². The van der Waals surface area contributed by atoms with Crippen LogP contribution in [-0.2, 0) is 0 Å². The third-order valence-corrected chi connectivity index (χ3v) is 5.77. The normalized spacial score (nSPS) is 11.0. The highest BCUT2D eigenvalue weighted by atomic mass is 32.2. The first-order valence-corrected chi connectivity index (χ1v) is 10.6. The molecule has 0 fully saturated rings. The maximum Gasteiger partial charge on any atom is 0.279 e. The van der Waals surface area contributed by atoms with Crippen LogP contribution in [0.15, 0.2) is 81.7 Å². The van der Waals surface area contributed by atoms with Gasteiger partial charge in [0.25, 0.3) is 5.91 Å². The van der Waals surface area contributed by atoms with E-state index in [1.54, 1.807) is 17.8 Å². The van der Waals surface area contributed by atoms with Crippen LogP contribution < -0.4 is 5.32 Å². The molecule has 0 atom stereocenters. The van der Waals surface area contributed by atoms with Gasteiger partial charge >= 0.3 is 0 Å². The fourth-order valence-electron chi connectivity index (χ4n) is 2.47. The number of amides is 1. The van der Waals surface area contributed by atoms with Crippen LogP contribution in [0.4, 0.5) is 5.13 Å². The number of nitrogens with one attached hydrogen (secondary N) is 1. The second-order valence-corrected chi connectivity index (χ2v) is 8.14. The molecular formula is C21H16N4O2S2. The van der Waals surface area contributed by atoms with Gasteiger partial charge in [0.2, 0.25) is 5.13 Å². The molecule has 29 heavy (non-hydrogen) atoms. The molecule has 8 heteroatoms. The zero-order valence-corrected chi connectivity index (χ0v) is 16.8. The zero-order valence-electron chi connectivity index (χ0n) is 15.2. The van der Waals surface area contributed by atoms with Crippen LogP contribution in [0, 0.1) is 0 Å². The third kappa shape index (κ3) is 5.18. The quantitative estimate of drug-likeness (QED) is 0.325. The molecule has 2 heterocycles. The first kappa shape index (κ1) is 19.1. The van der Waals surface area contributed by atoms with Gasteiger partial charge in [0.05, 0.1) is 0 Å². The van der Waals surface area contributed by atoms with Gasteiger partial charge in [-0.1, -0.05) is 101 Å². The van der Waals surface area contributed by atoms with Crippen molar-refractivity contribution in [2.24, 2.45) is 0 Å². The Kier molecular flexibility index (Phi) is 6.13. The van der Waals surface area contributed by atoms with Gasteiger partial charge in [-0.05, 0) is 5.56 Å². The molecule has 2 aromatic heterocycles. The predicted octanol–water partition coefficient (Wildman–Crippen LogP) is 5.25. The van der Waals surface area contributed by atoms with Gasteiger partial charge in [0.15, 0.2) is 15.8 Å². The summed E-state index contributed by atoms with van der Waals surface area (Å²) in [6.07, 6.45) is 4.13. The van der Waals surface area contributed by atoms with Crippen molar-refractivity contribution in [3.63, 3.8) is 0 Å². The van der Waals surface area contributed by atoms with E-state index in [9.17, 15) is 4.79 Å². The molecule has 0 aliphatic rings. The van der Waals surface area contributed by atoms with Crippen molar-refractivity contribution in [2.75, 3.05) is 11.1 Å². The lowest BCUT2D eigenvalue weighted by atomic mass is 10.1. The van der Waals surface area contributed by atoms with Gasteiger partial charge < -0.3 is 4.52 Å². The third-order valence-electron chi connectivity index (χ3n) is 3.84. The van der Waals surface area contributed by atoms with Gasteiger partial charge in [-0.25, -0.2) is 0 Å². The highest BCUT2D eigenvalue weighted by molar-refractivity contribution is 8.01. The summed E-state index contributed by atoms with van der Waals surface area (Å²) < 4.78 is 6.04. The van der Waals surface area contributed by atoms with Crippen LogP contribution in [0.1, 0.15) is 16.1 Å². The van der Waals surface area contributed by atoms with Gasteiger partial charge in [-0.15, -0.1) is 10.2 Å². The molecule has 0 bridgehead atoms. The molecule has 1 amide bonds. The lowest BCUT2D eigenvalue weighted by Crippen LogP contribution is -2.11. The van der Waals surface area contributed by atoms with Gasteiger partial charge in [-0.3, -0.25) is 10.1 Å². The van der Waals surface area contributed by atoms with Crippen molar-refractivity contribution in [1.29, 1.82) is 0 Å². The second kappa shape index (κ2) is 9.31. The lowest BCUT2D eigenvalue weighted by molar-refractivity contribution is 0.101. The van der Waals surface area contributed by atoms with E-state index in [-0.39, 0.29) is 11.6 Å². The first-order valence-electron chi connectivity index (χ1n) is 8.79. The van der Waals surface area contributed by atoms with Crippen molar-refractivity contribution < 1.29 is 9.32 Å². The Morgan fingerprint density at radius 3 is 2.62 bits per heavy atom. The number of hydrogen-bond acceptors (Lipinski definition) is 7. The van der Waals surface area contributed by atoms with E-state index in [1.807, 2.05) is 60.7 Å². The minimum atomic E-state index is -0.382. The molecule has 0 aliphatic carbocycles. The molecule has 4 aromatic rings. The molecule has 2 aromatic carbocycles. The summed E-state index contributed by atoms with van der Waals surface area (Å²) in [5, 5.41) is 15.1. The van der Waals surface area contributed by atoms with Crippen molar-refractivity contribution in [2.45, 2.75) is 4.34 Å². The van der Waals surface area contributed by atoms with Crippen LogP contribution >= 0.6 is 23.1 Å². The number of benzene rings is 2. The summed E-state index contributed by atoms with van der Waals surface area (Å²) in [4.78, 5) is 12.4. The fraction of sp³-hybridized carbons (Fsp3) is 0.0476. The molecule has 0 aliphatic heterocycles. The molecule has 0 radical (unpaired) electrons. The molecule has 4 rings (SSSR count). The van der Waals surface area contributed by atoms with Crippen LogP contribution in [0.25, 0.3) is 17.4 Å². The Bertz CT molecular complexity index is 1110. The number of nitrogens with zero attached hydrogens (tertiary/aromatic N) is 3. The van der Waals surface area contributed by atoms with Crippen molar-refractivity contribution in [3.8, 4) is 11.3 Å². The highest BCUT2D eigenvalue weighted by Crippen LogP contribution is 2.26. The van der Waals surface area contributed by atoms with Gasteiger partial charge in [0.1, 0.15) is 0 Å². The Labute approximate surface area is 175 Å². The number of rotatable bonds is 7. The highest BCUT2D eigenvalue weighted by Gasteiger charge is 2.16. The number of hydrogen-bond donors (Lipinski definition) is 1. The minimum absolute atomic E-state index is 0.194. The second-order valence-electron chi connectivity index (χ2n) is 5.89. The molecule has 144 valence electrons. The number of carbonyl (C=O) groups excluding carboxylic acids is 1. The summed E-state index contributed by atoms with van der Waals surface area (Å²) in [7, 11) is 0. The number of thioether (sulfide) groups is 1. The molecule has 0 saturated carbocycles. The number of carbonyl (C=O) groups is 1. The van der Waals surface area contributed by atoms with Crippen LogP contribution in [0.2, 0.25) is 0 Å². The maximum absolute atomic E-state index is 12.4. The maximum atomic E-state index is 12.4. The van der Waals surface area contributed by atoms with E-state index in [0.717, 1.165) is 21.2 Å². The average molecular weight is 421 g/mol. The van der Waals surface area contributed by atoms with Crippen LogP contribution in [-0.4, -0.2) is 27.0 Å². The molecular weight excluding hydrogens is 404 g/mol. The minimum Gasteiger partial charge on any atom is -0.355 e. The SMILES string of the molecule is O=C(Nc1nnc(SC/C=C/c2ccccc2)s1)c1cc(-c2ccccc2)on1. The fourth-order valence-corrected chi connectivity index (χ4v) is 4.05. The monoisotopic (exact) mass is 420 g/mol.